The lowest BCUT2D eigenvalue weighted by Crippen LogP contribution is -2.08. The Morgan fingerprint density at radius 2 is 1.95 bits per heavy atom. The molecule has 2 heterocycles. The molecule has 0 saturated heterocycles. The summed E-state index contributed by atoms with van der Waals surface area (Å²) in [5.41, 5.74) is 1.01. The lowest BCUT2D eigenvalue weighted by atomic mass is 10.1. The first kappa shape index (κ1) is 12.5. The minimum atomic E-state index is -0.301. The summed E-state index contributed by atoms with van der Waals surface area (Å²) in [6.07, 6.45) is -0.301. The van der Waals surface area contributed by atoms with Crippen LogP contribution in [0.3, 0.4) is 0 Å². The van der Waals surface area contributed by atoms with Crippen molar-refractivity contribution in [1.29, 1.82) is 0 Å². The summed E-state index contributed by atoms with van der Waals surface area (Å²) in [6, 6.07) is 11.8. The number of ether oxygens (including phenoxy) is 1. The molecule has 1 atom stereocenters. The maximum Gasteiger partial charge on any atom is 0.165 e. The Bertz CT molecular complexity index is 699. The number of rotatable bonds is 3. The van der Waals surface area contributed by atoms with Crippen LogP contribution in [0.4, 0.5) is 0 Å². The van der Waals surface area contributed by atoms with Gasteiger partial charge in [0.05, 0.1) is 0 Å². The first-order chi connectivity index (χ1) is 9.29. The summed E-state index contributed by atoms with van der Waals surface area (Å²) in [5, 5.41) is 3.32. The average Bonchev–Trinajstić information content (AvgIpc) is 2.90. The Kier molecular flexibility index (Phi) is 3.46. The maximum atomic E-state index is 6.19. The zero-order chi connectivity index (χ0) is 13.2. The zero-order valence-electron chi connectivity index (χ0n) is 10.2. The van der Waals surface area contributed by atoms with Crippen molar-refractivity contribution < 1.29 is 4.74 Å². The molecule has 96 valence electrons. The van der Waals surface area contributed by atoms with E-state index in [1.165, 1.54) is 0 Å². The van der Waals surface area contributed by atoms with Gasteiger partial charge in [0.15, 0.2) is 5.82 Å². The molecule has 0 aliphatic heterocycles. The van der Waals surface area contributed by atoms with Gasteiger partial charge in [-0.2, -0.15) is 0 Å². The van der Waals surface area contributed by atoms with Crippen LogP contribution in [0.5, 0.6) is 0 Å². The van der Waals surface area contributed by atoms with Crippen molar-refractivity contribution in [1.82, 2.24) is 9.97 Å². The van der Waals surface area contributed by atoms with Crippen LogP contribution < -0.4 is 0 Å². The third-order valence-corrected chi connectivity index (χ3v) is 3.96. The molecule has 0 radical (unpaired) electrons. The Labute approximate surface area is 119 Å². The molecule has 1 unspecified atom stereocenters. The lowest BCUT2D eigenvalue weighted by Gasteiger charge is -2.14. The molecule has 5 heteroatoms. The topological polar surface area (TPSA) is 35.0 Å². The van der Waals surface area contributed by atoms with Gasteiger partial charge >= 0.3 is 0 Å². The highest BCUT2D eigenvalue weighted by Gasteiger charge is 2.18. The Balaban J connectivity index is 2.11. The van der Waals surface area contributed by atoms with Gasteiger partial charge in [0.1, 0.15) is 16.1 Å². The maximum absolute atomic E-state index is 6.19. The third-order valence-electron chi connectivity index (χ3n) is 2.87. The van der Waals surface area contributed by atoms with Crippen LogP contribution >= 0.6 is 22.9 Å². The molecule has 3 nitrogen and oxygen atoms in total. The minimum Gasteiger partial charge on any atom is -0.369 e. The molecule has 0 fully saturated rings. The minimum absolute atomic E-state index is 0.301. The number of benzene rings is 1. The van der Waals surface area contributed by atoms with Crippen molar-refractivity contribution in [2.75, 3.05) is 7.11 Å². The fraction of sp³-hybridized carbons (Fsp3) is 0.143. The highest BCUT2D eigenvalue weighted by Crippen LogP contribution is 2.29. The number of methoxy groups -OCH3 is 1. The van der Waals surface area contributed by atoms with E-state index in [0.29, 0.717) is 11.0 Å². The summed E-state index contributed by atoms with van der Waals surface area (Å²) in [6.45, 7) is 0. The van der Waals surface area contributed by atoms with Gasteiger partial charge in [-0.15, -0.1) is 11.3 Å². The molecular formula is C14H11ClN2OS. The van der Waals surface area contributed by atoms with Gasteiger partial charge in [0.2, 0.25) is 0 Å². The van der Waals surface area contributed by atoms with E-state index in [9.17, 15) is 0 Å². The van der Waals surface area contributed by atoms with E-state index in [2.05, 4.69) is 9.97 Å². The van der Waals surface area contributed by atoms with Crippen LogP contribution in [0.15, 0.2) is 41.8 Å². The lowest BCUT2D eigenvalue weighted by molar-refractivity contribution is 0.129. The summed E-state index contributed by atoms with van der Waals surface area (Å²) >= 11 is 7.74. The first-order valence-corrected chi connectivity index (χ1v) is 7.03. The van der Waals surface area contributed by atoms with Crippen molar-refractivity contribution in [3.63, 3.8) is 0 Å². The largest absolute Gasteiger partial charge is 0.369 e. The molecule has 0 N–H and O–H groups in total. The summed E-state index contributed by atoms with van der Waals surface area (Å²) in [5.74, 6) is 0.591. The monoisotopic (exact) mass is 290 g/mol. The third kappa shape index (κ3) is 2.34. The number of nitrogens with zero attached hydrogens (tertiary/aromatic N) is 2. The van der Waals surface area contributed by atoms with E-state index in [0.717, 1.165) is 15.8 Å². The fourth-order valence-corrected chi connectivity index (χ4v) is 3.04. The molecule has 0 saturated carbocycles. The van der Waals surface area contributed by atoms with E-state index in [1.54, 1.807) is 18.4 Å². The molecule has 3 rings (SSSR count). The van der Waals surface area contributed by atoms with Crippen LogP contribution in [0.2, 0.25) is 5.15 Å². The summed E-state index contributed by atoms with van der Waals surface area (Å²) < 4.78 is 5.52. The van der Waals surface area contributed by atoms with Crippen LogP contribution in [-0.2, 0) is 4.74 Å². The Morgan fingerprint density at radius 1 is 1.16 bits per heavy atom. The van der Waals surface area contributed by atoms with Gasteiger partial charge in [-0.1, -0.05) is 41.9 Å². The summed E-state index contributed by atoms with van der Waals surface area (Å²) in [4.78, 5) is 9.78. The summed E-state index contributed by atoms with van der Waals surface area (Å²) in [7, 11) is 1.65. The molecule has 3 aromatic rings. The van der Waals surface area contributed by atoms with E-state index in [-0.39, 0.29) is 6.10 Å². The zero-order valence-corrected chi connectivity index (χ0v) is 11.8. The SMILES string of the molecule is COC(c1ccccc1)c1nc(Cl)c2ccsc2n1. The van der Waals surface area contributed by atoms with Crippen LogP contribution in [0.25, 0.3) is 10.2 Å². The highest BCUT2D eigenvalue weighted by molar-refractivity contribution is 7.16. The van der Waals surface area contributed by atoms with Gasteiger partial charge in [-0.25, -0.2) is 9.97 Å². The fourth-order valence-electron chi connectivity index (χ4n) is 1.97. The van der Waals surface area contributed by atoms with Gasteiger partial charge in [0, 0.05) is 12.5 Å². The highest BCUT2D eigenvalue weighted by atomic mass is 35.5. The number of halogens is 1. The van der Waals surface area contributed by atoms with Crippen molar-refractivity contribution in [2.24, 2.45) is 0 Å². The molecule has 0 spiro atoms. The number of fused-ring (bicyclic) bond motifs is 1. The molecule has 1 aromatic carbocycles. The second kappa shape index (κ2) is 5.25. The normalized spacial score (nSPS) is 12.7. The Hall–Kier alpha value is -1.49. The van der Waals surface area contributed by atoms with Crippen LogP contribution in [0.1, 0.15) is 17.5 Å². The van der Waals surface area contributed by atoms with Gasteiger partial charge in [-0.05, 0) is 17.0 Å². The number of aromatic nitrogens is 2. The van der Waals surface area contributed by atoms with E-state index in [1.807, 2.05) is 41.8 Å². The van der Waals surface area contributed by atoms with Gasteiger partial charge in [-0.3, -0.25) is 0 Å². The van der Waals surface area contributed by atoms with Gasteiger partial charge in [0.25, 0.3) is 0 Å². The van der Waals surface area contributed by atoms with Crippen molar-refractivity contribution in [3.05, 3.63) is 58.3 Å². The molecule has 0 bridgehead atoms. The number of hydrogen-bond acceptors (Lipinski definition) is 4. The van der Waals surface area contributed by atoms with Crippen molar-refractivity contribution in [3.8, 4) is 0 Å². The molecule has 0 aliphatic carbocycles. The average molecular weight is 291 g/mol. The number of thiophene rings is 1. The number of hydrogen-bond donors (Lipinski definition) is 0. The quantitative estimate of drug-likeness (QED) is 0.682. The van der Waals surface area contributed by atoms with E-state index >= 15 is 0 Å². The standard InChI is InChI=1S/C14H11ClN2OS/c1-18-11(9-5-3-2-4-6-9)13-16-12(15)10-7-8-19-14(10)17-13/h2-8,11H,1H3. The molecule has 0 amide bonds. The van der Waals surface area contributed by atoms with Crippen molar-refractivity contribution in [2.45, 2.75) is 6.10 Å². The predicted molar refractivity (Wildman–Crippen MR) is 77.7 cm³/mol. The first-order valence-electron chi connectivity index (χ1n) is 5.78. The molecule has 19 heavy (non-hydrogen) atoms. The van der Waals surface area contributed by atoms with Gasteiger partial charge < -0.3 is 4.74 Å². The van der Waals surface area contributed by atoms with E-state index < -0.39 is 0 Å². The molecule has 2 aromatic heterocycles. The smallest absolute Gasteiger partial charge is 0.165 e. The Morgan fingerprint density at radius 3 is 2.68 bits per heavy atom. The van der Waals surface area contributed by atoms with E-state index in [4.69, 9.17) is 16.3 Å². The van der Waals surface area contributed by atoms with Crippen LogP contribution in [-0.4, -0.2) is 17.1 Å². The van der Waals surface area contributed by atoms with Crippen molar-refractivity contribution >= 4 is 33.2 Å². The second-order valence-corrected chi connectivity index (χ2v) is 5.29. The second-order valence-electron chi connectivity index (χ2n) is 4.04. The molecule has 0 aliphatic rings. The van der Waals surface area contributed by atoms with Crippen LogP contribution in [0, 0.1) is 0 Å². The predicted octanol–water partition coefficient (Wildman–Crippen LogP) is 4.08. The molecular weight excluding hydrogens is 280 g/mol.